The van der Waals surface area contributed by atoms with Crippen LogP contribution in [0.4, 0.5) is 19.0 Å². The van der Waals surface area contributed by atoms with E-state index in [1.54, 1.807) is 18.2 Å². The minimum Gasteiger partial charge on any atom is -0.478 e. The molecule has 7 heteroatoms. The van der Waals surface area contributed by atoms with Crippen LogP contribution in [0.25, 0.3) is 0 Å². The van der Waals surface area contributed by atoms with E-state index in [2.05, 4.69) is 10.3 Å². The summed E-state index contributed by atoms with van der Waals surface area (Å²) in [4.78, 5) is 4.07. The van der Waals surface area contributed by atoms with Gasteiger partial charge in [-0.25, -0.2) is 0 Å². The van der Waals surface area contributed by atoms with Crippen molar-refractivity contribution in [1.29, 1.82) is 0 Å². The molecule has 0 unspecified atom stereocenters. The number of rotatable bonds is 6. The highest BCUT2D eigenvalue weighted by molar-refractivity contribution is 8.00. The van der Waals surface area contributed by atoms with Gasteiger partial charge < -0.3 is 10.1 Å². The molecule has 0 atom stereocenters. The zero-order valence-corrected chi connectivity index (χ0v) is 10.1. The number of thioether (sulfide) groups is 1. The van der Waals surface area contributed by atoms with Gasteiger partial charge in [0, 0.05) is 18.4 Å². The molecule has 1 N–H and O–H groups in total. The Balaban J connectivity index is 2.34. The van der Waals surface area contributed by atoms with Crippen molar-refractivity contribution in [2.24, 2.45) is 0 Å². The number of ether oxygens (including phenoxy) is 1. The van der Waals surface area contributed by atoms with Crippen LogP contribution >= 0.6 is 11.8 Å². The van der Waals surface area contributed by atoms with Crippen molar-refractivity contribution in [3.05, 3.63) is 18.2 Å². The molecule has 1 heterocycles. The zero-order valence-electron chi connectivity index (χ0n) is 9.25. The van der Waals surface area contributed by atoms with Gasteiger partial charge in [0.05, 0.1) is 6.61 Å². The summed E-state index contributed by atoms with van der Waals surface area (Å²) in [5.74, 6) is 0.920. The van der Waals surface area contributed by atoms with Crippen LogP contribution in [-0.2, 0) is 0 Å². The van der Waals surface area contributed by atoms with Crippen molar-refractivity contribution < 1.29 is 17.9 Å². The lowest BCUT2D eigenvalue weighted by Gasteiger charge is -2.08. The topological polar surface area (TPSA) is 34.1 Å². The van der Waals surface area contributed by atoms with E-state index in [-0.39, 0.29) is 24.1 Å². The smallest absolute Gasteiger partial charge is 0.441 e. The first kappa shape index (κ1) is 14.0. The Morgan fingerprint density at radius 1 is 1.41 bits per heavy atom. The van der Waals surface area contributed by atoms with Crippen LogP contribution < -0.4 is 10.1 Å². The third kappa shape index (κ3) is 6.25. The molecule has 0 saturated carbocycles. The van der Waals surface area contributed by atoms with Crippen LogP contribution in [0.2, 0.25) is 0 Å². The Kier molecular flexibility index (Phi) is 5.40. The van der Waals surface area contributed by atoms with E-state index in [1.807, 2.05) is 6.92 Å². The summed E-state index contributed by atoms with van der Waals surface area (Å²) in [5, 5.41) is 2.80. The molecule has 0 aromatic carbocycles. The molecule has 0 aliphatic rings. The number of nitrogens with zero attached hydrogens (tertiary/aromatic N) is 1. The number of alkyl halides is 3. The molecule has 0 radical (unpaired) electrons. The maximum Gasteiger partial charge on any atom is 0.441 e. The number of aromatic nitrogens is 1. The Bertz CT molecular complexity index is 347. The van der Waals surface area contributed by atoms with Gasteiger partial charge in [-0.1, -0.05) is 6.07 Å². The van der Waals surface area contributed by atoms with E-state index < -0.39 is 5.51 Å². The van der Waals surface area contributed by atoms with Crippen molar-refractivity contribution in [1.82, 2.24) is 4.98 Å². The van der Waals surface area contributed by atoms with Crippen LogP contribution in [0.5, 0.6) is 5.88 Å². The van der Waals surface area contributed by atoms with E-state index in [9.17, 15) is 13.2 Å². The van der Waals surface area contributed by atoms with E-state index in [4.69, 9.17) is 4.74 Å². The Hall–Kier alpha value is -1.11. The molecular weight excluding hydrogens is 253 g/mol. The molecule has 0 bridgehead atoms. The van der Waals surface area contributed by atoms with E-state index in [1.165, 1.54) is 0 Å². The molecule has 0 saturated heterocycles. The highest BCUT2D eigenvalue weighted by atomic mass is 32.2. The van der Waals surface area contributed by atoms with Crippen molar-refractivity contribution in [2.75, 3.05) is 24.2 Å². The lowest BCUT2D eigenvalue weighted by Crippen LogP contribution is -2.10. The first-order valence-electron chi connectivity index (χ1n) is 5.05. The standard InChI is InChI=1S/C10H13F3N2OS/c1-2-16-9-5-3-4-8(15-9)14-6-7-17-10(11,12)13/h3-5H,2,6-7H2,1H3,(H,14,15). The molecule has 17 heavy (non-hydrogen) atoms. The van der Waals surface area contributed by atoms with Gasteiger partial charge in [0.1, 0.15) is 5.82 Å². The SMILES string of the molecule is CCOc1cccc(NCCSC(F)(F)F)n1. The zero-order chi connectivity index (χ0) is 12.7. The summed E-state index contributed by atoms with van der Waals surface area (Å²) in [6.07, 6.45) is 0. The second-order valence-corrected chi connectivity index (χ2v) is 4.17. The van der Waals surface area contributed by atoms with Crippen molar-refractivity contribution >= 4 is 17.6 Å². The average molecular weight is 266 g/mol. The molecule has 1 rings (SSSR count). The summed E-state index contributed by atoms with van der Waals surface area (Å²) in [7, 11) is 0. The monoisotopic (exact) mass is 266 g/mol. The molecule has 0 aliphatic carbocycles. The number of nitrogens with one attached hydrogen (secondary N) is 1. The number of pyridine rings is 1. The van der Waals surface area contributed by atoms with Gasteiger partial charge in [0.15, 0.2) is 0 Å². The third-order valence-electron chi connectivity index (χ3n) is 1.69. The molecular formula is C10H13F3N2OS. The Labute approximate surface area is 102 Å². The molecule has 0 amide bonds. The Morgan fingerprint density at radius 2 is 2.18 bits per heavy atom. The molecule has 0 aliphatic heterocycles. The summed E-state index contributed by atoms with van der Waals surface area (Å²) in [6, 6.07) is 5.11. The normalized spacial score (nSPS) is 11.3. The second-order valence-electron chi connectivity index (χ2n) is 3.02. The largest absolute Gasteiger partial charge is 0.478 e. The van der Waals surface area contributed by atoms with E-state index in [0.29, 0.717) is 18.3 Å². The predicted molar refractivity (Wildman–Crippen MR) is 62.4 cm³/mol. The van der Waals surface area contributed by atoms with Crippen LogP contribution in [0, 0.1) is 0 Å². The lowest BCUT2D eigenvalue weighted by molar-refractivity contribution is -0.0327. The van der Waals surface area contributed by atoms with Gasteiger partial charge in [0.25, 0.3) is 0 Å². The molecule has 0 spiro atoms. The van der Waals surface area contributed by atoms with Gasteiger partial charge in [0.2, 0.25) is 5.88 Å². The summed E-state index contributed by atoms with van der Waals surface area (Å²) < 4.78 is 40.7. The van der Waals surface area contributed by atoms with Crippen molar-refractivity contribution in [2.45, 2.75) is 12.4 Å². The van der Waals surface area contributed by atoms with Gasteiger partial charge in [-0.3, -0.25) is 0 Å². The van der Waals surface area contributed by atoms with E-state index in [0.717, 1.165) is 0 Å². The molecule has 1 aromatic rings. The van der Waals surface area contributed by atoms with Gasteiger partial charge in [-0.15, -0.1) is 0 Å². The fourth-order valence-electron chi connectivity index (χ4n) is 1.09. The summed E-state index contributed by atoms with van der Waals surface area (Å²) in [6.45, 7) is 2.54. The van der Waals surface area contributed by atoms with E-state index >= 15 is 0 Å². The fraction of sp³-hybridized carbons (Fsp3) is 0.500. The fourth-order valence-corrected chi connectivity index (χ4v) is 1.52. The maximum absolute atomic E-state index is 11.8. The predicted octanol–water partition coefficient (Wildman–Crippen LogP) is 3.15. The summed E-state index contributed by atoms with van der Waals surface area (Å²) in [5.41, 5.74) is -4.18. The molecule has 1 aromatic heterocycles. The molecule has 3 nitrogen and oxygen atoms in total. The number of halogens is 3. The Morgan fingerprint density at radius 3 is 2.82 bits per heavy atom. The minimum atomic E-state index is -4.18. The highest BCUT2D eigenvalue weighted by Crippen LogP contribution is 2.29. The van der Waals surface area contributed by atoms with Crippen LogP contribution in [0.15, 0.2) is 18.2 Å². The van der Waals surface area contributed by atoms with Gasteiger partial charge in [-0.2, -0.15) is 18.2 Å². The summed E-state index contributed by atoms with van der Waals surface area (Å²) >= 11 is -0.0543. The average Bonchev–Trinajstić information content (AvgIpc) is 2.24. The maximum atomic E-state index is 11.8. The van der Waals surface area contributed by atoms with Crippen LogP contribution in [0.1, 0.15) is 6.92 Å². The first-order chi connectivity index (χ1) is 8.01. The van der Waals surface area contributed by atoms with Gasteiger partial charge in [-0.05, 0) is 24.8 Å². The van der Waals surface area contributed by atoms with Gasteiger partial charge >= 0.3 is 5.51 Å². The van der Waals surface area contributed by atoms with Crippen molar-refractivity contribution in [3.63, 3.8) is 0 Å². The number of hydrogen-bond donors (Lipinski definition) is 1. The quantitative estimate of drug-likeness (QED) is 0.802. The van der Waals surface area contributed by atoms with Crippen molar-refractivity contribution in [3.8, 4) is 5.88 Å². The third-order valence-corrected chi connectivity index (χ3v) is 2.43. The van der Waals surface area contributed by atoms with Crippen LogP contribution in [-0.4, -0.2) is 29.4 Å². The molecule has 96 valence electrons. The number of anilines is 1. The number of hydrogen-bond acceptors (Lipinski definition) is 4. The lowest BCUT2D eigenvalue weighted by atomic mass is 10.4. The second kappa shape index (κ2) is 6.58. The highest BCUT2D eigenvalue weighted by Gasteiger charge is 2.27. The molecule has 0 fully saturated rings. The minimum absolute atomic E-state index is 0.0515. The van der Waals surface area contributed by atoms with Crippen LogP contribution in [0.3, 0.4) is 0 Å². The first-order valence-corrected chi connectivity index (χ1v) is 6.04.